The summed E-state index contributed by atoms with van der Waals surface area (Å²) in [6.45, 7) is 7.06. The second-order valence-corrected chi connectivity index (χ2v) is 5.28. The summed E-state index contributed by atoms with van der Waals surface area (Å²) in [6, 6.07) is 8.23. The van der Waals surface area contributed by atoms with Crippen LogP contribution in [0.2, 0.25) is 0 Å². The van der Waals surface area contributed by atoms with Gasteiger partial charge in [-0.05, 0) is 44.0 Å². The molecule has 0 unspecified atom stereocenters. The third kappa shape index (κ3) is 5.35. The molecule has 2 aromatic rings. The molecule has 1 aromatic heterocycles. The number of rotatable bonds is 8. The summed E-state index contributed by atoms with van der Waals surface area (Å²) in [5, 5.41) is 8.01. The number of hydrogen-bond acceptors (Lipinski definition) is 3. The first kappa shape index (κ1) is 18.5. The minimum Gasteiger partial charge on any atom is -0.497 e. The fourth-order valence-electron chi connectivity index (χ4n) is 2.36. The van der Waals surface area contributed by atoms with Gasteiger partial charge in [-0.25, -0.2) is 0 Å². The third-order valence-corrected chi connectivity index (χ3v) is 3.54. The van der Waals surface area contributed by atoms with E-state index in [2.05, 4.69) is 42.6 Å². The third-order valence-electron chi connectivity index (χ3n) is 3.54. The zero-order chi connectivity index (χ0) is 15.1. The molecule has 0 aliphatic carbocycles. The predicted molar refractivity (Wildman–Crippen MR) is 92.9 cm³/mol. The van der Waals surface area contributed by atoms with Crippen molar-refractivity contribution in [2.24, 2.45) is 0 Å². The zero-order valence-corrected chi connectivity index (χ0v) is 14.4. The van der Waals surface area contributed by atoms with Gasteiger partial charge in [0.2, 0.25) is 0 Å². The minimum absolute atomic E-state index is 0. The smallest absolute Gasteiger partial charge is 0.119 e. The quantitative estimate of drug-likeness (QED) is 0.757. The van der Waals surface area contributed by atoms with Gasteiger partial charge in [0, 0.05) is 24.8 Å². The number of nitrogens with zero attached hydrogens (tertiary/aromatic N) is 2. The summed E-state index contributed by atoms with van der Waals surface area (Å²) < 4.78 is 7.28. The highest BCUT2D eigenvalue weighted by Crippen LogP contribution is 2.12. The van der Waals surface area contributed by atoms with Gasteiger partial charge in [0.25, 0.3) is 0 Å². The van der Waals surface area contributed by atoms with Crippen molar-refractivity contribution in [3.05, 3.63) is 47.3 Å². The lowest BCUT2D eigenvalue weighted by Crippen LogP contribution is -2.16. The summed E-state index contributed by atoms with van der Waals surface area (Å²) in [7, 11) is 1.70. The molecule has 122 valence electrons. The Bertz CT molecular complexity index is 569. The molecule has 0 amide bonds. The van der Waals surface area contributed by atoms with E-state index in [9.17, 15) is 0 Å². The highest BCUT2D eigenvalue weighted by Gasteiger charge is 2.04. The standard InChI is InChI=1S/C17H25N3O.ClH/c1-4-10-20-13-16(14(2)19-20)12-18-9-8-15-6-5-7-17(11-15)21-3;/h5-7,11,13,18H,4,8-10,12H2,1-3H3;1H. The van der Waals surface area contributed by atoms with Gasteiger partial charge in [0.15, 0.2) is 0 Å². The van der Waals surface area contributed by atoms with Gasteiger partial charge in [-0.1, -0.05) is 19.1 Å². The number of aromatic nitrogens is 2. The van der Waals surface area contributed by atoms with E-state index in [1.807, 2.05) is 16.8 Å². The van der Waals surface area contributed by atoms with Crippen LogP contribution < -0.4 is 10.1 Å². The topological polar surface area (TPSA) is 39.1 Å². The van der Waals surface area contributed by atoms with E-state index >= 15 is 0 Å². The van der Waals surface area contributed by atoms with Crippen LogP contribution in [-0.2, 0) is 19.5 Å². The Morgan fingerprint density at radius 1 is 1.32 bits per heavy atom. The maximum Gasteiger partial charge on any atom is 0.119 e. The molecule has 0 atom stereocenters. The summed E-state index contributed by atoms with van der Waals surface area (Å²) in [5.41, 5.74) is 3.70. The first-order valence-corrected chi connectivity index (χ1v) is 7.59. The van der Waals surface area contributed by atoms with E-state index < -0.39 is 0 Å². The van der Waals surface area contributed by atoms with E-state index in [1.54, 1.807) is 7.11 Å². The van der Waals surface area contributed by atoms with Crippen LogP contribution >= 0.6 is 12.4 Å². The van der Waals surface area contributed by atoms with Crippen molar-refractivity contribution in [2.45, 2.75) is 39.8 Å². The van der Waals surface area contributed by atoms with E-state index in [4.69, 9.17) is 4.74 Å². The van der Waals surface area contributed by atoms with Gasteiger partial charge >= 0.3 is 0 Å². The average Bonchev–Trinajstić information content (AvgIpc) is 2.84. The largest absolute Gasteiger partial charge is 0.497 e. The normalized spacial score (nSPS) is 10.3. The molecule has 0 fully saturated rings. The van der Waals surface area contributed by atoms with Gasteiger partial charge in [0.1, 0.15) is 5.75 Å². The van der Waals surface area contributed by atoms with Crippen molar-refractivity contribution < 1.29 is 4.74 Å². The van der Waals surface area contributed by atoms with Crippen molar-refractivity contribution in [1.82, 2.24) is 15.1 Å². The van der Waals surface area contributed by atoms with Crippen LogP contribution in [0.25, 0.3) is 0 Å². The van der Waals surface area contributed by atoms with Crippen molar-refractivity contribution >= 4 is 12.4 Å². The maximum absolute atomic E-state index is 5.24. The molecular formula is C17H26ClN3O. The van der Waals surface area contributed by atoms with Crippen LogP contribution in [-0.4, -0.2) is 23.4 Å². The number of benzene rings is 1. The van der Waals surface area contributed by atoms with E-state index in [0.717, 1.165) is 43.9 Å². The van der Waals surface area contributed by atoms with Crippen LogP contribution in [0.4, 0.5) is 0 Å². The molecule has 22 heavy (non-hydrogen) atoms. The van der Waals surface area contributed by atoms with E-state index in [0.29, 0.717) is 0 Å². The molecule has 1 aromatic carbocycles. The summed E-state index contributed by atoms with van der Waals surface area (Å²) in [4.78, 5) is 0. The Kier molecular flexibility index (Phi) is 7.99. The van der Waals surface area contributed by atoms with Gasteiger partial charge in [-0.2, -0.15) is 5.10 Å². The first-order valence-electron chi connectivity index (χ1n) is 7.59. The van der Waals surface area contributed by atoms with Crippen LogP contribution in [0.15, 0.2) is 30.5 Å². The lowest BCUT2D eigenvalue weighted by Gasteiger charge is -2.06. The van der Waals surface area contributed by atoms with Gasteiger partial charge in [-0.3, -0.25) is 4.68 Å². The number of ether oxygens (including phenoxy) is 1. The molecule has 0 bridgehead atoms. The number of aryl methyl sites for hydroxylation is 2. The minimum atomic E-state index is 0. The highest BCUT2D eigenvalue weighted by molar-refractivity contribution is 5.85. The van der Waals surface area contributed by atoms with Crippen LogP contribution in [0.3, 0.4) is 0 Å². The summed E-state index contributed by atoms with van der Waals surface area (Å²) >= 11 is 0. The van der Waals surface area contributed by atoms with Crippen LogP contribution in [0.1, 0.15) is 30.2 Å². The van der Waals surface area contributed by atoms with Crippen molar-refractivity contribution in [2.75, 3.05) is 13.7 Å². The molecule has 0 saturated heterocycles. The predicted octanol–water partition coefficient (Wildman–Crippen LogP) is 3.36. The number of hydrogen-bond donors (Lipinski definition) is 1. The van der Waals surface area contributed by atoms with Gasteiger partial charge in [0.05, 0.1) is 12.8 Å². The van der Waals surface area contributed by atoms with E-state index in [-0.39, 0.29) is 12.4 Å². The molecule has 1 heterocycles. The number of nitrogens with one attached hydrogen (secondary N) is 1. The number of methoxy groups -OCH3 is 1. The Balaban J connectivity index is 0.00000242. The molecule has 4 nitrogen and oxygen atoms in total. The second kappa shape index (κ2) is 9.49. The van der Waals surface area contributed by atoms with Crippen molar-refractivity contribution in [3.8, 4) is 5.75 Å². The zero-order valence-electron chi connectivity index (χ0n) is 13.6. The fourth-order valence-corrected chi connectivity index (χ4v) is 2.36. The summed E-state index contributed by atoms with van der Waals surface area (Å²) in [6.07, 6.45) is 4.26. The molecule has 0 radical (unpaired) electrons. The van der Waals surface area contributed by atoms with Gasteiger partial charge < -0.3 is 10.1 Å². The Labute approximate surface area is 139 Å². The number of halogens is 1. The lowest BCUT2D eigenvalue weighted by atomic mass is 10.1. The Hall–Kier alpha value is -1.52. The maximum atomic E-state index is 5.24. The molecule has 0 saturated carbocycles. The van der Waals surface area contributed by atoms with E-state index in [1.165, 1.54) is 11.1 Å². The molecule has 5 heteroatoms. The first-order chi connectivity index (χ1) is 10.2. The molecule has 0 spiro atoms. The summed E-state index contributed by atoms with van der Waals surface area (Å²) in [5.74, 6) is 0.921. The lowest BCUT2D eigenvalue weighted by molar-refractivity contribution is 0.414. The molecular weight excluding hydrogens is 298 g/mol. The van der Waals surface area contributed by atoms with Crippen molar-refractivity contribution in [3.63, 3.8) is 0 Å². The van der Waals surface area contributed by atoms with Crippen LogP contribution in [0, 0.1) is 6.92 Å². The Morgan fingerprint density at radius 2 is 2.14 bits per heavy atom. The molecule has 0 aliphatic rings. The Morgan fingerprint density at radius 3 is 2.86 bits per heavy atom. The average molecular weight is 324 g/mol. The fraction of sp³-hybridized carbons (Fsp3) is 0.471. The van der Waals surface area contributed by atoms with Gasteiger partial charge in [-0.15, -0.1) is 12.4 Å². The molecule has 0 aliphatic heterocycles. The monoisotopic (exact) mass is 323 g/mol. The second-order valence-electron chi connectivity index (χ2n) is 5.28. The SMILES string of the molecule is CCCn1cc(CNCCc2cccc(OC)c2)c(C)n1.Cl. The van der Waals surface area contributed by atoms with Crippen LogP contribution in [0.5, 0.6) is 5.75 Å². The molecule has 1 N–H and O–H groups in total. The van der Waals surface area contributed by atoms with Crippen molar-refractivity contribution in [1.29, 1.82) is 0 Å². The highest BCUT2D eigenvalue weighted by atomic mass is 35.5. The molecule has 2 rings (SSSR count).